The van der Waals surface area contributed by atoms with Gasteiger partial charge in [0.1, 0.15) is 5.75 Å². The fourth-order valence-corrected chi connectivity index (χ4v) is 2.79. The van der Waals surface area contributed by atoms with E-state index in [2.05, 4.69) is 19.1 Å². The van der Waals surface area contributed by atoms with Gasteiger partial charge in [0.15, 0.2) is 0 Å². The van der Waals surface area contributed by atoms with Crippen molar-refractivity contribution in [2.45, 2.75) is 51.5 Å². The SMILES string of the molecule is CC(N)Cc1cc2c(cc1OCC1CC1)CCC2.Cl. The molecule has 1 fully saturated rings. The van der Waals surface area contributed by atoms with Crippen LogP contribution in [0.15, 0.2) is 12.1 Å². The van der Waals surface area contributed by atoms with Gasteiger partial charge in [-0.1, -0.05) is 6.07 Å². The maximum Gasteiger partial charge on any atom is 0.122 e. The molecule has 1 saturated carbocycles. The second-order valence-electron chi connectivity index (χ2n) is 6.02. The first-order chi connectivity index (χ1) is 8.72. The van der Waals surface area contributed by atoms with Gasteiger partial charge in [-0.3, -0.25) is 0 Å². The predicted octanol–water partition coefficient (Wildman–Crippen LogP) is 3.28. The highest BCUT2D eigenvalue weighted by Crippen LogP contribution is 2.33. The van der Waals surface area contributed by atoms with Crippen LogP contribution < -0.4 is 10.5 Å². The lowest BCUT2D eigenvalue weighted by Crippen LogP contribution is -2.18. The van der Waals surface area contributed by atoms with Gasteiger partial charge >= 0.3 is 0 Å². The molecule has 2 nitrogen and oxygen atoms in total. The molecular weight excluding hydrogens is 258 g/mol. The van der Waals surface area contributed by atoms with E-state index >= 15 is 0 Å². The van der Waals surface area contributed by atoms with Gasteiger partial charge in [-0.15, -0.1) is 12.4 Å². The molecule has 1 unspecified atom stereocenters. The normalized spacial score (nSPS) is 18.6. The first-order valence-electron chi connectivity index (χ1n) is 7.25. The lowest BCUT2D eigenvalue weighted by atomic mass is 10.0. The van der Waals surface area contributed by atoms with Crippen molar-refractivity contribution in [1.29, 1.82) is 0 Å². The molecule has 0 bridgehead atoms. The van der Waals surface area contributed by atoms with Crippen molar-refractivity contribution in [3.05, 3.63) is 28.8 Å². The zero-order valence-electron chi connectivity index (χ0n) is 11.7. The molecule has 2 aliphatic rings. The van der Waals surface area contributed by atoms with E-state index in [1.54, 1.807) is 0 Å². The van der Waals surface area contributed by atoms with E-state index in [0.29, 0.717) is 0 Å². The third-order valence-electron chi connectivity index (χ3n) is 3.99. The summed E-state index contributed by atoms with van der Waals surface area (Å²) in [6.45, 7) is 2.96. The fourth-order valence-electron chi connectivity index (χ4n) is 2.79. The fraction of sp³-hybridized carbons (Fsp3) is 0.625. The second-order valence-corrected chi connectivity index (χ2v) is 6.02. The molecule has 1 atom stereocenters. The quantitative estimate of drug-likeness (QED) is 0.899. The van der Waals surface area contributed by atoms with Crippen LogP contribution in [-0.4, -0.2) is 12.6 Å². The minimum atomic E-state index is 0. The van der Waals surface area contributed by atoms with Crippen LogP contribution in [0.3, 0.4) is 0 Å². The summed E-state index contributed by atoms with van der Waals surface area (Å²) in [6.07, 6.45) is 7.34. The van der Waals surface area contributed by atoms with E-state index in [0.717, 1.165) is 24.7 Å². The number of hydrogen-bond donors (Lipinski definition) is 1. The number of fused-ring (bicyclic) bond motifs is 1. The lowest BCUT2D eigenvalue weighted by Gasteiger charge is -2.15. The number of benzene rings is 1. The Labute approximate surface area is 122 Å². The topological polar surface area (TPSA) is 35.2 Å². The molecular formula is C16H24ClNO. The summed E-state index contributed by atoms with van der Waals surface area (Å²) < 4.78 is 6.03. The van der Waals surface area contributed by atoms with Crippen molar-refractivity contribution >= 4 is 12.4 Å². The molecule has 0 aromatic heterocycles. The molecule has 2 N–H and O–H groups in total. The van der Waals surface area contributed by atoms with E-state index in [4.69, 9.17) is 10.5 Å². The average Bonchev–Trinajstić information content (AvgIpc) is 3.04. The summed E-state index contributed by atoms with van der Waals surface area (Å²) in [6, 6.07) is 4.82. The summed E-state index contributed by atoms with van der Waals surface area (Å²) in [7, 11) is 0. The van der Waals surface area contributed by atoms with Crippen LogP contribution in [0.4, 0.5) is 0 Å². The number of halogens is 1. The summed E-state index contributed by atoms with van der Waals surface area (Å²) in [5.41, 5.74) is 10.3. The number of hydrogen-bond acceptors (Lipinski definition) is 2. The average molecular weight is 282 g/mol. The van der Waals surface area contributed by atoms with Gasteiger partial charge in [0.25, 0.3) is 0 Å². The van der Waals surface area contributed by atoms with Crippen molar-refractivity contribution in [1.82, 2.24) is 0 Å². The molecule has 0 aliphatic heterocycles. The molecule has 0 saturated heterocycles. The molecule has 1 aromatic carbocycles. The van der Waals surface area contributed by atoms with E-state index in [-0.39, 0.29) is 18.4 Å². The Bertz CT molecular complexity index is 441. The van der Waals surface area contributed by atoms with Crippen LogP contribution >= 0.6 is 12.4 Å². The van der Waals surface area contributed by atoms with Gasteiger partial charge in [-0.05, 0) is 74.1 Å². The van der Waals surface area contributed by atoms with E-state index < -0.39 is 0 Å². The second kappa shape index (κ2) is 6.15. The van der Waals surface area contributed by atoms with Crippen molar-refractivity contribution in [2.75, 3.05) is 6.61 Å². The van der Waals surface area contributed by atoms with E-state index in [9.17, 15) is 0 Å². The van der Waals surface area contributed by atoms with Crippen LogP contribution in [0.5, 0.6) is 5.75 Å². The maximum absolute atomic E-state index is 6.03. The van der Waals surface area contributed by atoms with Crippen LogP contribution in [0, 0.1) is 5.92 Å². The third-order valence-corrected chi connectivity index (χ3v) is 3.99. The van der Waals surface area contributed by atoms with Crippen LogP contribution in [0.2, 0.25) is 0 Å². The Balaban J connectivity index is 0.00000133. The summed E-state index contributed by atoms with van der Waals surface area (Å²) in [5, 5.41) is 0. The molecule has 0 amide bonds. The highest BCUT2D eigenvalue weighted by Gasteiger charge is 2.23. The van der Waals surface area contributed by atoms with E-state index in [1.807, 2.05) is 0 Å². The smallest absolute Gasteiger partial charge is 0.122 e. The largest absolute Gasteiger partial charge is 0.493 e. The molecule has 19 heavy (non-hydrogen) atoms. The van der Waals surface area contributed by atoms with Gasteiger partial charge in [0.2, 0.25) is 0 Å². The van der Waals surface area contributed by atoms with Crippen molar-refractivity contribution in [3.8, 4) is 5.75 Å². The van der Waals surface area contributed by atoms with Gasteiger partial charge in [0.05, 0.1) is 6.61 Å². The predicted molar refractivity (Wildman–Crippen MR) is 81.3 cm³/mol. The Hall–Kier alpha value is -0.730. The first kappa shape index (κ1) is 14.7. The molecule has 106 valence electrons. The lowest BCUT2D eigenvalue weighted by molar-refractivity contribution is 0.296. The molecule has 2 aliphatic carbocycles. The minimum Gasteiger partial charge on any atom is -0.493 e. The molecule has 0 radical (unpaired) electrons. The van der Waals surface area contributed by atoms with Crippen LogP contribution in [0.1, 0.15) is 42.9 Å². The molecule has 0 heterocycles. The van der Waals surface area contributed by atoms with Gasteiger partial charge < -0.3 is 10.5 Å². The number of aryl methyl sites for hydroxylation is 2. The van der Waals surface area contributed by atoms with Gasteiger partial charge in [-0.25, -0.2) is 0 Å². The van der Waals surface area contributed by atoms with Crippen LogP contribution in [0.25, 0.3) is 0 Å². The number of ether oxygens (including phenoxy) is 1. The Morgan fingerprint density at radius 2 is 1.95 bits per heavy atom. The minimum absolute atomic E-state index is 0. The third kappa shape index (κ3) is 3.64. The monoisotopic (exact) mass is 281 g/mol. The molecule has 3 heteroatoms. The Morgan fingerprint density at radius 3 is 2.58 bits per heavy atom. The summed E-state index contributed by atoms with van der Waals surface area (Å²) in [5.74, 6) is 1.90. The first-order valence-corrected chi connectivity index (χ1v) is 7.25. The van der Waals surface area contributed by atoms with Crippen molar-refractivity contribution in [2.24, 2.45) is 11.7 Å². The Kier molecular flexibility index (Phi) is 4.75. The van der Waals surface area contributed by atoms with Crippen molar-refractivity contribution in [3.63, 3.8) is 0 Å². The molecule has 1 aromatic rings. The van der Waals surface area contributed by atoms with E-state index in [1.165, 1.54) is 48.8 Å². The Morgan fingerprint density at radius 1 is 1.26 bits per heavy atom. The van der Waals surface area contributed by atoms with Crippen LogP contribution in [-0.2, 0) is 19.3 Å². The number of nitrogens with two attached hydrogens (primary N) is 1. The zero-order chi connectivity index (χ0) is 12.5. The number of rotatable bonds is 5. The molecule has 0 spiro atoms. The zero-order valence-corrected chi connectivity index (χ0v) is 12.5. The van der Waals surface area contributed by atoms with Gasteiger partial charge in [0, 0.05) is 6.04 Å². The standard InChI is InChI=1S/C16H23NO.ClH/c1-11(17)7-15-8-13-3-2-4-14(13)9-16(15)18-10-12-5-6-12;/h8-9,11-12H,2-7,10,17H2,1H3;1H. The summed E-state index contributed by atoms with van der Waals surface area (Å²) >= 11 is 0. The van der Waals surface area contributed by atoms with Gasteiger partial charge in [-0.2, -0.15) is 0 Å². The highest BCUT2D eigenvalue weighted by molar-refractivity contribution is 5.85. The maximum atomic E-state index is 6.03. The summed E-state index contributed by atoms with van der Waals surface area (Å²) in [4.78, 5) is 0. The van der Waals surface area contributed by atoms with Crippen molar-refractivity contribution < 1.29 is 4.74 Å². The highest BCUT2D eigenvalue weighted by atomic mass is 35.5. The molecule has 3 rings (SSSR count).